The van der Waals surface area contributed by atoms with Crippen molar-refractivity contribution in [1.29, 1.82) is 0 Å². The first-order valence-electron chi connectivity index (χ1n) is 6.26. The van der Waals surface area contributed by atoms with Gasteiger partial charge in [-0.15, -0.1) is 0 Å². The van der Waals surface area contributed by atoms with Crippen LogP contribution in [-0.2, 0) is 4.79 Å². The van der Waals surface area contributed by atoms with Gasteiger partial charge in [0.15, 0.2) is 0 Å². The lowest BCUT2D eigenvalue weighted by atomic mass is 10.1. The minimum Gasteiger partial charge on any atom is -0.272 e. The Kier molecular flexibility index (Phi) is 2.88. The molecular formula is C16H14N2O. The molecule has 1 aliphatic heterocycles. The van der Waals surface area contributed by atoms with Crippen molar-refractivity contribution >= 4 is 17.3 Å². The van der Waals surface area contributed by atoms with Gasteiger partial charge in [-0.1, -0.05) is 48.0 Å². The van der Waals surface area contributed by atoms with Crippen LogP contribution in [0.2, 0.25) is 0 Å². The molecule has 1 heterocycles. The van der Waals surface area contributed by atoms with Crippen LogP contribution in [0.4, 0.5) is 5.69 Å². The molecular weight excluding hydrogens is 236 g/mol. The molecule has 0 aliphatic carbocycles. The molecule has 1 aliphatic rings. The summed E-state index contributed by atoms with van der Waals surface area (Å²) in [4.78, 5) is 12.1. The van der Waals surface area contributed by atoms with E-state index < -0.39 is 0 Å². The summed E-state index contributed by atoms with van der Waals surface area (Å²) in [7, 11) is 0. The second kappa shape index (κ2) is 4.69. The summed E-state index contributed by atoms with van der Waals surface area (Å²) in [6, 6.07) is 17.6. The van der Waals surface area contributed by atoms with E-state index in [0.717, 1.165) is 17.0 Å². The van der Waals surface area contributed by atoms with Crippen molar-refractivity contribution in [3.8, 4) is 0 Å². The lowest BCUT2D eigenvalue weighted by Crippen LogP contribution is -2.19. The van der Waals surface area contributed by atoms with E-state index in [9.17, 15) is 4.79 Å². The summed E-state index contributed by atoms with van der Waals surface area (Å²) in [6.45, 7) is 2.04. The Morgan fingerprint density at radius 3 is 2.58 bits per heavy atom. The zero-order valence-electron chi connectivity index (χ0n) is 10.7. The number of benzene rings is 2. The highest BCUT2D eigenvalue weighted by Gasteiger charge is 2.25. The Bertz CT molecular complexity index is 647. The molecule has 0 bridgehead atoms. The normalized spacial score (nSPS) is 14.7. The fraction of sp³-hybridized carbons (Fsp3) is 0.125. The first-order valence-corrected chi connectivity index (χ1v) is 6.26. The highest BCUT2D eigenvalue weighted by Crippen LogP contribution is 2.22. The second-order valence-corrected chi connectivity index (χ2v) is 4.63. The molecule has 0 radical (unpaired) electrons. The molecule has 19 heavy (non-hydrogen) atoms. The molecule has 0 atom stereocenters. The van der Waals surface area contributed by atoms with E-state index >= 15 is 0 Å². The molecule has 0 spiro atoms. The number of aryl methyl sites for hydroxylation is 1. The average molecular weight is 250 g/mol. The van der Waals surface area contributed by atoms with Gasteiger partial charge >= 0.3 is 0 Å². The molecule has 94 valence electrons. The van der Waals surface area contributed by atoms with Gasteiger partial charge in [0.2, 0.25) is 0 Å². The van der Waals surface area contributed by atoms with E-state index in [0.29, 0.717) is 6.42 Å². The first-order chi connectivity index (χ1) is 9.24. The molecule has 2 aromatic rings. The molecule has 0 fully saturated rings. The van der Waals surface area contributed by atoms with E-state index in [1.165, 1.54) is 10.6 Å². The van der Waals surface area contributed by atoms with E-state index in [1.54, 1.807) is 0 Å². The maximum absolute atomic E-state index is 12.1. The van der Waals surface area contributed by atoms with Crippen molar-refractivity contribution in [3.63, 3.8) is 0 Å². The minimum atomic E-state index is 0.0164. The Morgan fingerprint density at radius 1 is 1.05 bits per heavy atom. The topological polar surface area (TPSA) is 32.7 Å². The molecule has 0 saturated carbocycles. The fourth-order valence-corrected chi connectivity index (χ4v) is 2.19. The molecule has 0 aromatic heterocycles. The third-order valence-corrected chi connectivity index (χ3v) is 3.13. The monoisotopic (exact) mass is 250 g/mol. The van der Waals surface area contributed by atoms with Crippen LogP contribution >= 0.6 is 0 Å². The quantitative estimate of drug-likeness (QED) is 0.806. The van der Waals surface area contributed by atoms with Crippen LogP contribution in [0.5, 0.6) is 0 Å². The molecule has 3 nitrogen and oxygen atoms in total. The Hall–Kier alpha value is -2.42. The van der Waals surface area contributed by atoms with E-state index in [4.69, 9.17) is 0 Å². The fourth-order valence-electron chi connectivity index (χ4n) is 2.19. The largest absolute Gasteiger partial charge is 0.272 e. The summed E-state index contributed by atoms with van der Waals surface area (Å²) in [6.07, 6.45) is 0.359. The third kappa shape index (κ3) is 2.27. The molecule has 1 amide bonds. The van der Waals surface area contributed by atoms with Crippen LogP contribution in [-0.4, -0.2) is 11.6 Å². The minimum absolute atomic E-state index is 0.0164. The number of carbonyl (C=O) groups excluding carboxylic acids is 1. The maximum Gasteiger partial charge on any atom is 0.253 e. The van der Waals surface area contributed by atoms with Crippen molar-refractivity contribution in [2.45, 2.75) is 13.3 Å². The van der Waals surface area contributed by atoms with Crippen LogP contribution in [0.3, 0.4) is 0 Å². The highest BCUT2D eigenvalue weighted by atomic mass is 16.2. The van der Waals surface area contributed by atoms with Gasteiger partial charge in [0.05, 0.1) is 17.8 Å². The van der Waals surface area contributed by atoms with E-state index in [2.05, 4.69) is 11.2 Å². The van der Waals surface area contributed by atoms with Gasteiger partial charge in [0.25, 0.3) is 5.91 Å². The lowest BCUT2D eigenvalue weighted by molar-refractivity contribution is -0.116. The van der Waals surface area contributed by atoms with E-state index in [-0.39, 0.29) is 5.91 Å². The standard InChI is InChI=1S/C16H14N2O/c1-12-6-5-7-13(10-12)15-11-16(19)18(17-15)14-8-3-2-4-9-14/h2-10H,11H2,1H3. The van der Waals surface area contributed by atoms with Crippen molar-refractivity contribution in [3.05, 3.63) is 65.7 Å². The van der Waals surface area contributed by atoms with Gasteiger partial charge in [-0.05, 0) is 24.6 Å². The Morgan fingerprint density at radius 2 is 1.84 bits per heavy atom. The zero-order chi connectivity index (χ0) is 13.2. The second-order valence-electron chi connectivity index (χ2n) is 4.63. The predicted molar refractivity (Wildman–Crippen MR) is 76.3 cm³/mol. The number of hydrogen-bond acceptors (Lipinski definition) is 2. The van der Waals surface area contributed by atoms with Crippen molar-refractivity contribution < 1.29 is 4.79 Å². The zero-order valence-corrected chi connectivity index (χ0v) is 10.7. The third-order valence-electron chi connectivity index (χ3n) is 3.13. The molecule has 2 aromatic carbocycles. The van der Waals surface area contributed by atoms with Crippen LogP contribution in [0.25, 0.3) is 0 Å². The van der Waals surface area contributed by atoms with Gasteiger partial charge in [-0.2, -0.15) is 5.10 Å². The number of hydrogen-bond donors (Lipinski definition) is 0. The molecule has 0 N–H and O–H groups in total. The number of hydrazone groups is 1. The smallest absolute Gasteiger partial charge is 0.253 e. The van der Waals surface area contributed by atoms with Crippen LogP contribution in [0, 0.1) is 6.92 Å². The predicted octanol–water partition coefficient (Wildman–Crippen LogP) is 3.14. The Balaban J connectivity index is 1.96. The molecule has 0 unspecified atom stereocenters. The van der Waals surface area contributed by atoms with Crippen molar-refractivity contribution in [2.24, 2.45) is 5.10 Å². The highest BCUT2D eigenvalue weighted by molar-refractivity contribution is 6.19. The SMILES string of the molecule is Cc1cccc(C2=NN(c3ccccc3)C(=O)C2)c1. The average Bonchev–Trinajstić information content (AvgIpc) is 2.82. The molecule has 3 heteroatoms. The summed E-state index contributed by atoms with van der Waals surface area (Å²) < 4.78 is 0. The number of anilines is 1. The number of rotatable bonds is 2. The number of carbonyl (C=O) groups is 1. The van der Waals surface area contributed by atoms with E-state index in [1.807, 2.05) is 55.5 Å². The number of nitrogens with zero attached hydrogens (tertiary/aromatic N) is 2. The van der Waals surface area contributed by atoms with Crippen molar-refractivity contribution in [1.82, 2.24) is 0 Å². The first kappa shape index (κ1) is 11.7. The summed E-state index contributed by atoms with van der Waals surface area (Å²) in [5, 5.41) is 5.93. The summed E-state index contributed by atoms with van der Waals surface area (Å²) in [5.74, 6) is 0.0164. The lowest BCUT2D eigenvalue weighted by Gasteiger charge is -2.10. The van der Waals surface area contributed by atoms with Gasteiger partial charge in [0, 0.05) is 0 Å². The number of para-hydroxylation sites is 1. The summed E-state index contributed by atoms with van der Waals surface area (Å²) >= 11 is 0. The van der Waals surface area contributed by atoms with Gasteiger partial charge in [-0.25, -0.2) is 5.01 Å². The summed E-state index contributed by atoms with van der Waals surface area (Å²) in [5.41, 5.74) is 3.84. The van der Waals surface area contributed by atoms with Gasteiger partial charge in [-0.3, -0.25) is 4.79 Å². The maximum atomic E-state index is 12.1. The molecule has 0 saturated heterocycles. The van der Waals surface area contributed by atoms with Crippen LogP contribution < -0.4 is 5.01 Å². The van der Waals surface area contributed by atoms with Crippen molar-refractivity contribution in [2.75, 3.05) is 5.01 Å². The van der Waals surface area contributed by atoms with Gasteiger partial charge < -0.3 is 0 Å². The number of amides is 1. The van der Waals surface area contributed by atoms with Crippen LogP contribution in [0.15, 0.2) is 59.7 Å². The van der Waals surface area contributed by atoms with Gasteiger partial charge in [0.1, 0.15) is 0 Å². The Labute approximate surface area is 112 Å². The van der Waals surface area contributed by atoms with Crippen LogP contribution in [0.1, 0.15) is 17.5 Å². The molecule has 3 rings (SSSR count).